The van der Waals surface area contributed by atoms with Crippen molar-refractivity contribution >= 4 is 35.0 Å². The summed E-state index contributed by atoms with van der Waals surface area (Å²) < 4.78 is 3.32. The highest BCUT2D eigenvalue weighted by atomic mass is 35.5. The minimum atomic E-state index is -0.421. The predicted molar refractivity (Wildman–Crippen MR) is 97.5 cm³/mol. The van der Waals surface area contributed by atoms with E-state index in [0.717, 1.165) is 18.4 Å². The largest absolute Gasteiger partial charge is 0.330 e. The molecule has 2 N–H and O–H groups in total. The number of aromatic amines is 2. The molecule has 126 valence electrons. The van der Waals surface area contributed by atoms with Gasteiger partial charge in [-0.05, 0) is 36.3 Å². The molecule has 0 aliphatic carbocycles. The fraction of sp³-hybridized carbons (Fsp3) is 0.312. The van der Waals surface area contributed by atoms with Crippen molar-refractivity contribution in [3.8, 4) is 0 Å². The molecule has 0 atom stereocenters. The predicted octanol–water partition coefficient (Wildman–Crippen LogP) is 3.05. The second-order valence-electron chi connectivity index (χ2n) is 5.61. The van der Waals surface area contributed by atoms with E-state index in [1.165, 1.54) is 4.57 Å². The molecule has 0 aliphatic rings. The van der Waals surface area contributed by atoms with Gasteiger partial charge in [0.2, 0.25) is 0 Å². The van der Waals surface area contributed by atoms with Gasteiger partial charge in [0, 0.05) is 11.6 Å². The number of nitrogens with one attached hydrogen (secondary N) is 2. The van der Waals surface area contributed by atoms with Crippen LogP contribution >= 0.6 is 23.8 Å². The molecule has 0 saturated heterocycles. The number of benzene rings is 1. The van der Waals surface area contributed by atoms with Crippen LogP contribution in [0.25, 0.3) is 11.2 Å². The molecule has 1 aromatic carbocycles. The lowest BCUT2D eigenvalue weighted by molar-refractivity contribution is 0.586. The maximum atomic E-state index is 12.8. The molecule has 0 fully saturated rings. The standard InChI is InChI=1S/C16H17ClN4O2S/c1-2-3-8-20-14(22)12-13(18-15(20)23)19-16(24)21(12)9-10-4-6-11(17)7-5-10/h4-7H,2-3,8-9H2,1H3,(H,18,23)(H,19,24). The lowest BCUT2D eigenvalue weighted by Crippen LogP contribution is -2.35. The number of hydrogen-bond donors (Lipinski definition) is 2. The Bertz CT molecular complexity index is 1040. The monoisotopic (exact) mass is 364 g/mol. The smallest absolute Gasteiger partial charge is 0.317 e. The zero-order valence-electron chi connectivity index (χ0n) is 13.1. The molecule has 0 bridgehead atoms. The zero-order chi connectivity index (χ0) is 17.3. The third-order valence-electron chi connectivity index (χ3n) is 3.90. The van der Waals surface area contributed by atoms with Gasteiger partial charge in [-0.25, -0.2) is 4.79 Å². The van der Waals surface area contributed by atoms with Crippen LogP contribution in [-0.2, 0) is 13.1 Å². The van der Waals surface area contributed by atoms with Gasteiger partial charge in [0.1, 0.15) is 5.65 Å². The Kier molecular flexibility index (Phi) is 4.73. The van der Waals surface area contributed by atoms with Gasteiger partial charge in [0.05, 0.1) is 6.54 Å². The van der Waals surface area contributed by atoms with Crippen molar-refractivity contribution < 1.29 is 0 Å². The second kappa shape index (κ2) is 6.78. The average Bonchev–Trinajstić information content (AvgIpc) is 2.85. The van der Waals surface area contributed by atoms with E-state index in [-0.39, 0.29) is 5.56 Å². The molecule has 0 spiro atoms. The van der Waals surface area contributed by atoms with Crippen molar-refractivity contribution in [2.45, 2.75) is 32.9 Å². The highest BCUT2D eigenvalue weighted by Gasteiger charge is 2.14. The van der Waals surface area contributed by atoms with Crippen LogP contribution in [-0.4, -0.2) is 19.1 Å². The Morgan fingerprint density at radius 2 is 1.83 bits per heavy atom. The Morgan fingerprint density at radius 1 is 1.12 bits per heavy atom. The fourth-order valence-electron chi connectivity index (χ4n) is 2.62. The van der Waals surface area contributed by atoms with Crippen LogP contribution in [0.5, 0.6) is 0 Å². The number of nitrogens with zero attached hydrogens (tertiary/aromatic N) is 2. The minimum absolute atomic E-state index is 0.330. The van der Waals surface area contributed by atoms with Crippen LogP contribution in [0.2, 0.25) is 5.02 Å². The maximum Gasteiger partial charge on any atom is 0.330 e. The summed E-state index contributed by atoms with van der Waals surface area (Å²) in [6.45, 7) is 2.82. The first kappa shape index (κ1) is 16.7. The number of rotatable bonds is 5. The van der Waals surface area contributed by atoms with Crippen molar-refractivity contribution in [2.24, 2.45) is 0 Å². The molecule has 0 aliphatic heterocycles. The summed E-state index contributed by atoms with van der Waals surface area (Å²) in [4.78, 5) is 30.5. The summed E-state index contributed by atoms with van der Waals surface area (Å²) in [5, 5.41) is 0.646. The van der Waals surface area contributed by atoms with Gasteiger partial charge in [-0.1, -0.05) is 37.1 Å². The first-order valence-corrected chi connectivity index (χ1v) is 8.50. The zero-order valence-corrected chi connectivity index (χ0v) is 14.7. The molecule has 8 heteroatoms. The van der Waals surface area contributed by atoms with E-state index in [2.05, 4.69) is 9.97 Å². The van der Waals surface area contributed by atoms with Gasteiger partial charge in [-0.3, -0.25) is 14.3 Å². The molecule has 0 radical (unpaired) electrons. The molecule has 0 amide bonds. The lowest BCUT2D eigenvalue weighted by Gasteiger charge is -2.07. The molecule has 0 saturated carbocycles. The number of H-pyrrole nitrogens is 2. The lowest BCUT2D eigenvalue weighted by atomic mass is 10.2. The number of imidazole rings is 1. The number of fused-ring (bicyclic) bond motifs is 1. The van der Waals surface area contributed by atoms with Crippen molar-refractivity contribution in [1.29, 1.82) is 0 Å². The van der Waals surface area contributed by atoms with Crippen molar-refractivity contribution in [3.63, 3.8) is 0 Å². The second-order valence-corrected chi connectivity index (χ2v) is 6.43. The van der Waals surface area contributed by atoms with E-state index in [9.17, 15) is 9.59 Å². The van der Waals surface area contributed by atoms with Crippen LogP contribution in [0.3, 0.4) is 0 Å². The van der Waals surface area contributed by atoms with E-state index in [0.29, 0.717) is 34.0 Å². The van der Waals surface area contributed by atoms with E-state index < -0.39 is 5.69 Å². The molecule has 24 heavy (non-hydrogen) atoms. The van der Waals surface area contributed by atoms with Crippen LogP contribution in [0, 0.1) is 4.77 Å². The van der Waals surface area contributed by atoms with E-state index in [4.69, 9.17) is 23.8 Å². The van der Waals surface area contributed by atoms with Gasteiger partial charge in [-0.15, -0.1) is 0 Å². The topological polar surface area (TPSA) is 75.6 Å². The number of hydrogen-bond acceptors (Lipinski definition) is 3. The number of halogens is 1. The fourth-order valence-corrected chi connectivity index (χ4v) is 3.00. The Balaban J connectivity index is 2.15. The maximum absolute atomic E-state index is 12.8. The summed E-state index contributed by atoms with van der Waals surface area (Å²) in [6.07, 6.45) is 1.66. The van der Waals surface area contributed by atoms with E-state index in [1.807, 2.05) is 19.1 Å². The van der Waals surface area contributed by atoms with E-state index in [1.54, 1.807) is 16.7 Å². The molecule has 3 aromatic rings. The van der Waals surface area contributed by atoms with Crippen LogP contribution < -0.4 is 11.2 Å². The molecule has 2 aromatic heterocycles. The summed E-state index contributed by atoms with van der Waals surface area (Å²) in [6, 6.07) is 7.34. The van der Waals surface area contributed by atoms with Crippen LogP contribution in [0.4, 0.5) is 0 Å². The van der Waals surface area contributed by atoms with Crippen LogP contribution in [0.1, 0.15) is 25.3 Å². The molecule has 2 heterocycles. The Hall–Kier alpha value is -2.12. The minimum Gasteiger partial charge on any atom is -0.317 e. The van der Waals surface area contributed by atoms with Gasteiger partial charge in [-0.2, -0.15) is 0 Å². The molecule has 0 unspecified atom stereocenters. The highest BCUT2D eigenvalue weighted by Crippen LogP contribution is 2.13. The number of aromatic nitrogens is 4. The highest BCUT2D eigenvalue weighted by molar-refractivity contribution is 7.71. The number of unbranched alkanes of at least 4 members (excludes halogenated alkanes) is 1. The van der Waals surface area contributed by atoms with Gasteiger partial charge >= 0.3 is 5.69 Å². The van der Waals surface area contributed by atoms with Crippen LogP contribution in [0.15, 0.2) is 33.9 Å². The molecule has 6 nitrogen and oxygen atoms in total. The van der Waals surface area contributed by atoms with Gasteiger partial charge < -0.3 is 9.55 Å². The Labute approximate surface area is 147 Å². The van der Waals surface area contributed by atoms with E-state index >= 15 is 0 Å². The molecular formula is C16H17ClN4O2S. The first-order valence-electron chi connectivity index (χ1n) is 7.71. The van der Waals surface area contributed by atoms with Crippen molar-refractivity contribution in [2.75, 3.05) is 0 Å². The van der Waals surface area contributed by atoms with Crippen molar-refractivity contribution in [3.05, 3.63) is 60.5 Å². The molecular weight excluding hydrogens is 348 g/mol. The van der Waals surface area contributed by atoms with Gasteiger partial charge in [0.25, 0.3) is 5.56 Å². The summed E-state index contributed by atoms with van der Waals surface area (Å²) in [5.74, 6) is 0. The average molecular weight is 365 g/mol. The summed E-state index contributed by atoms with van der Waals surface area (Å²) >= 11 is 11.2. The third kappa shape index (κ3) is 3.09. The SMILES string of the molecule is CCCCn1c(=O)[nH]c2[nH]c(=S)n(Cc3ccc(Cl)cc3)c2c1=O. The Morgan fingerprint density at radius 3 is 2.50 bits per heavy atom. The first-order chi connectivity index (χ1) is 11.5. The van der Waals surface area contributed by atoms with Crippen molar-refractivity contribution in [1.82, 2.24) is 19.1 Å². The third-order valence-corrected chi connectivity index (χ3v) is 4.47. The summed E-state index contributed by atoms with van der Waals surface area (Å²) in [5.41, 5.74) is 0.948. The van der Waals surface area contributed by atoms with Gasteiger partial charge in [0.15, 0.2) is 10.3 Å². The summed E-state index contributed by atoms with van der Waals surface area (Å²) in [7, 11) is 0. The quantitative estimate of drug-likeness (QED) is 0.683. The molecule has 3 rings (SSSR count). The normalized spacial score (nSPS) is 11.2.